The van der Waals surface area contributed by atoms with Gasteiger partial charge in [0.1, 0.15) is 5.82 Å². The van der Waals surface area contributed by atoms with Gasteiger partial charge in [-0.15, -0.1) is 11.3 Å². The molecule has 0 radical (unpaired) electrons. The number of thiophene rings is 1. The maximum absolute atomic E-state index is 5.76. The van der Waals surface area contributed by atoms with Gasteiger partial charge in [-0.05, 0) is 43.0 Å². The Bertz CT molecular complexity index is 505. The van der Waals surface area contributed by atoms with E-state index in [1.807, 2.05) is 26.1 Å². The minimum atomic E-state index is 0.736. The zero-order valence-electron chi connectivity index (χ0n) is 9.69. The molecule has 2 aromatic rings. The van der Waals surface area contributed by atoms with Crippen molar-refractivity contribution in [1.29, 1.82) is 0 Å². The summed E-state index contributed by atoms with van der Waals surface area (Å²) >= 11 is 1.72. The maximum atomic E-state index is 5.76. The van der Waals surface area contributed by atoms with Gasteiger partial charge in [0.25, 0.3) is 0 Å². The van der Waals surface area contributed by atoms with E-state index in [-0.39, 0.29) is 0 Å². The summed E-state index contributed by atoms with van der Waals surface area (Å²) in [6.07, 6.45) is 0. The Morgan fingerprint density at radius 1 is 1.25 bits per heavy atom. The molecule has 2 rings (SSSR count). The van der Waals surface area contributed by atoms with Crippen LogP contribution < -0.4 is 10.6 Å². The molecule has 2 heterocycles. The first kappa shape index (κ1) is 11.0. The molecule has 0 atom stereocenters. The molecule has 3 nitrogen and oxygen atoms in total. The smallest absolute Gasteiger partial charge is 0.133 e. The summed E-state index contributed by atoms with van der Waals surface area (Å²) in [6, 6.07) is 5.96. The summed E-state index contributed by atoms with van der Waals surface area (Å²) in [5.41, 5.74) is 8.64. The molecule has 0 aliphatic carbocycles. The fourth-order valence-electron chi connectivity index (χ4n) is 1.56. The number of hydrogen-bond donors (Lipinski definition) is 1. The Labute approximate surface area is 99.5 Å². The van der Waals surface area contributed by atoms with Crippen LogP contribution in [0.15, 0.2) is 23.6 Å². The van der Waals surface area contributed by atoms with Crippen molar-refractivity contribution >= 4 is 27.8 Å². The first-order valence-corrected chi connectivity index (χ1v) is 5.98. The van der Waals surface area contributed by atoms with Crippen LogP contribution in [0.4, 0.5) is 16.5 Å². The Morgan fingerprint density at radius 3 is 2.56 bits per heavy atom. The molecule has 0 saturated heterocycles. The summed E-state index contributed by atoms with van der Waals surface area (Å²) in [5.74, 6) is 0.928. The molecule has 0 bridgehead atoms. The lowest BCUT2D eigenvalue weighted by molar-refractivity contribution is 1.10. The number of rotatable bonds is 2. The van der Waals surface area contributed by atoms with Gasteiger partial charge in [-0.1, -0.05) is 0 Å². The third-order valence-electron chi connectivity index (χ3n) is 2.60. The summed E-state index contributed by atoms with van der Waals surface area (Å²) < 4.78 is 0. The first-order valence-electron chi connectivity index (χ1n) is 5.10. The van der Waals surface area contributed by atoms with E-state index in [0.717, 1.165) is 17.2 Å². The average Bonchev–Trinajstić information content (AvgIpc) is 2.67. The monoisotopic (exact) mass is 233 g/mol. The van der Waals surface area contributed by atoms with E-state index in [0.29, 0.717) is 0 Å². The van der Waals surface area contributed by atoms with Gasteiger partial charge in [-0.25, -0.2) is 4.98 Å². The summed E-state index contributed by atoms with van der Waals surface area (Å²) in [5, 5.41) is 3.31. The predicted molar refractivity (Wildman–Crippen MR) is 70.5 cm³/mol. The van der Waals surface area contributed by atoms with Crippen molar-refractivity contribution in [3.63, 3.8) is 0 Å². The molecule has 0 spiro atoms. The van der Waals surface area contributed by atoms with Crippen LogP contribution in [0.3, 0.4) is 0 Å². The highest BCUT2D eigenvalue weighted by Crippen LogP contribution is 2.31. The van der Waals surface area contributed by atoms with E-state index in [1.165, 1.54) is 10.6 Å². The van der Waals surface area contributed by atoms with Gasteiger partial charge in [-0.2, -0.15) is 0 Å². The van der Waals surface area contributed by atoms with Crippen LogP contribution in [-0.2, 0) is 0 Å². The van der Waals surface area contributed by atoms with Gasteiger partial charge >= 0.3 is 0 Å². The highest BCUT2D eigenvalue weighted by atomic mass is 32.1. The third kappa shape index (κ3) is 1.88. The molecule has 2 N–H and O–H groups in total. The van der Waals surface area contributed by atoms with Crippen LogP contribution in [0.1, 0.15) is 11.3 Å². The zero-order valence-corrected chi connectivity index (χ0v) is 10.5. The number of pyridine rings is 1. The van der Waals surface area contributed by atoms with E-state index >= 15 is 0 Å². The lowest BCUT2D eigenvalue weighted by atomic mass is 10.3. The Balaban J connectivity index is 2.38. The Kier molecular flexibility index (Phi) is 2.83. The Morgan fingerprint density at radius 2 is 2.00 bits per heavy atom. The largest absolute Gasteiger partial charge is 0.397 e. The van der Waals surface area contributed by atoms with Crippen molar-refractivity contribution in [2.45, 2.75) is 13.8 Å². The lowest BCUT2D eigenvalue weighted by Gasteiger charge is -2.18. The minimum absolute atomic E-state index is 0.736. The van der Waals surface area contributed by atoms with Crippen molar-refractivity contribution in [3.05, 3.63) is 34.8 Å². The van der Waals surface area contributed by atoms with Crippen LogP contribution >= 0.6 is 11.3 Å². The number of nitrogens with two attached hydrogens (primary N) is 1. The number of nitrogens with zero attached hydrogens (tertiary/aromatic N) is 2. The molecular weight excluding hydrogens is 218 g/mol. The fourth-order valence-corrected chi connectivity index (χ4v) is 2.46. The van der Waals surface area contributed by atoms with Crippen LogP contribution in [0.5, 0.6) is 0 Å². The number of nitrogen functional groups attached to an aromatic ring is 1. The second-order valence-electron chi connectivity index (χ2n) is 3.81. The standard InChI is InChI=1S/C12H15N3S/c1-8-6-7-16-12(8)15(3)11-5-4-10(13)9(2)14-11/h4-7H,13H2,1-3H3. The van der Waals surface area contributed by atoms with Gasteiger partial charge in [0.15, 0.2) is 0 Å². The molecule has 0 amide bonds. The predicted octanol–water partition coefficient (Wildman–Crippen LogP) is 3.11. The van der Waals surface area contributed by atoms with E-state index in [9.17, 15) is 0 Å². The van der Waals surface area contributed by atoms with Crippen molar-refractivity contribution in [2.75, 3.05) is 17.7 Å². The van der Waals surface area contributed by atoms with Crippen molar-refractivity contribution < 1.29 is 0 Å². The molecule has 0 aliphatic heterocycles. The minimum Gasteiger partial charge on any atom is -0.397 e. The Hall–Kier alpha value is -1.55. The third-order valence-corrected chi connectivity index (χ3v) is 3.69. The molecule has 4 heteroatoms. The normalized spacial score (nSPS) is 10.4. The van der Waals surface area contributed by atoms with Gasteiger partial charge in [0, 0.05) is 7.05 Å². The quantitative estimate of drug-likeness (QED) is 0.866. The second kappa shape index (κ2) is 4.14. The van der Waals surface area contributed by atoms with Crippen LogP contribution in [0, 0.1) is 13.8 Å². The molecule has 0 fully saturated rings. The molecule has 0 aliphatic rings. The highest BCUT2D eigenvalue weighted by molar-refractivity contribution is 7.14. The van der Waals surface area contributed by atoms with Crippen molar-refractivity contribution in [2.24, 2.45) is 0 Å². The molecule has 2 aromatic heterocycles. The van der Waals surface area contributed by atoms with Gasteiger partial charge in [-0.3, -0.25) is 0 Å². The molecular formula is C12H15N3S. The highest BCUT2D eigenvalue weighted by Gasteiger charge is 2.10. The number of anilines is 3. The SMILES string of the molecule is Cc1ccsc1N(C)c1ccc(N)c(C)n1. The second-order valence-corrected chi connectivity index (χ2v) is 4.71. The van der Waals surface area contributed by atoms with Crippen LogP contribution in [0.2, 0.25) is 0 Å². The summed E-state index contributed by atoms with van der Waals surface area (Å²) in [6.45, 7) is 4.03. The van der Waals surface area contributed by atoms with Crippen LogP contribution in [-0.4, -0.2) is 12.0 Å². The topological polar surface area (TPSA) is 42.1 Å². The summed E-state index contributed by atoms with van der Waals surface area (Å²) in [7, 11) is 2.02. The van der Waals surface area contributed by atoms with Gasteiger partial charge < -0.3 is 10.6 Å². The molecule has 0 aromatic carbocycles. The molecule has 84 valence electrons. The van der Waals surface area contributed by atoms with E-state index in [1.54, 1.807) is 11.3 Å². The van der Waals surface area contributed by atoms with Gasteiger partial charge in [0.05, 0.1) is 16.4 Å². The fraction of sp³-hybridized carbons (Fsp3) is 0.250. The van der Waals surface area contributed by atoms with E-state index < -0.39 is 0 Å². The number of aromatic nitrogens is 1. The molecule has 16 heavy (non-hydrogen) atoms. The van der Waals surface area contributed by atoms with Crippen molar-refractivity contribution in [3.8, 4) is 0 Å². The van der Waals surface area contributed by atoms with Crippen molar-refractivity contribution in [1.82, 2.24) is 4.98 Å². The van der Waals surface area contributed by atoms with Gasteiger partial charge in [0.2, 0.25) is 0 Å². The van der Waals surface area contributed by atoms with E-state index in [2.05, 4.69) is 28.3 Å². The zero-order chi connectivity index (χ0) is 11.7. The lowest BCUT2D eigenvalue weighted by Crippen LogP contribution is -2.11. The number of hydrogen-bond acceptors (Lipinski definition) is 4. The first-order chi connectivity index (χ1) is 7.59. The molecule has 0 unspecified atom stereocenters. The maximum Gasteiger partial charge on any atom is 0.133 e. The molecule has 0 saturated carbocycles. The van der Waals surface area contributed by atoms with Crippen LogP contribution in [0.25, 0.3) is 0 Å². The van der Waals surface area contributed by atoms with E-state index in [4.69, 9.17) is 5.73 Å². The average molecular weight is 233 g/mol. The summed E-state index contributed by atoms with van der Waals surface area (Å²) in [4.78, 5) is 6.57. The number of aryl methyl sites for hydroxylation is 2.